The molecular formula is C16H20FN5O. The van der Waals surface area contributed by atoms with Gasteiger partial charge in [-0.1, -0.05) is 0 Å². The standard InChI is InChI=1S/C16H20FN5O/c1-11-12(2)20-10-22(15(11)23)9-13-3-5-21(6-4-13)16-18-7-14(17)8-19-16/h7-8,10,13H,3-6,9H2,1-2H3. The molecule has 1 saturated heterocycles. The van der Waals surface area contributed by atoms with E-state index in [9.17, 15) is 9.18 Å². The summed E-state index contributed by atoms with van der Waals surface area (Å²) in [7, 11) is 0. The molecule has 1 aliphatic heterocycles. The normalized spacial score (nSPS) is 15.9. The lowest BCUT2D eigenvalue weighted by Crippen LogP contribution is -2.37. The quantitative estimate of drug-likeness (QED) is 0.862. The SMILES string of the molecule is Cc1ncn(CC2CCN(c3ncc(F)cn3)CC2)c(=O)c1C. The fourth-order valence-corrected chi connectivity index (χ4v) is 2.87. The second-order valence-corrected chi connectivity index (χ2v) is 6.04. The van der Waals surface area contributed by atoms with Crippen molar-refractivity contribution >= 4 is 5.95 Å². The molecule has 2 aromatic rings. The molecule has 7 heteroatoms. The van der Waals surface area contributed by atoms with Gasteiger partial charge in [-0.25, -0.2) is 19.3 Å². The van der Waals surface area contributed by atoms with Gasteiger partial charge >= 0.3 is 0 Å². The van der Waals surface area contributed by atoms with Crippen LogP contribution in [0.15, 0.2) is 23.5 Å². The van der Waals surface area contributed by atoms with E-state index in [1.165, 1.54) is 12.4 Å². The molecule has 0 aromatic carbocycles. The average Bonchev–Trinajstić information content (AvgIpc) is 2.57. The molecule has 1 fully saturated rings. The fourth-order valence-electron chi connectivity index (χ4n) is 2.87. The van der Waals surface area contributed by atoms with Crippen molar-refractivity contribution in [2.75, 3.05) is 18.0 Å². The van der Waals surface area contributed by atoms with Crippen LogP contribution in [0.2, 0.25) is 0 Å². The third-order valence-corrected chi connectivity index (χ3v) is 4.47. The predicted molar refractivity (Wildman–Crippen MR) is 84.9 cm³/mol. The lowest BCUT2D eigenvalue weighted by molar-refractivity contribution is 0.348. The van der Waals surface area contributed by atoms with Crippen molar-refractivity contribution in [3.8, 4) is 0 Å². The van der Waals surface area contributed by atoms with Crippen LogP contribution in [0.1, 0.15) is 24.1 Å². The Labute approximate surface area is 134 Å². The van der Waals surface area contributed by atoms with Gasteiger partial charge in [0, 0.05) is 30.9 Å². The highest BCUT2D eigenvalue weighted by Crippen LogP contribution is 2.21. The number of aryl methyl sites for hydroxylation is 1. The number of anilines is 1. The minimum Gasteiger partial charge on any atom is -0.341 e. The number of aromatic nitrogens is 4. The minimum atomic E-state index is -0.426. The van der Waals surface area contributed by atoms with E-state index in [0.29, 0.717) is 24.0 Å². The highest BCUT2D eigenvalue weighted by atomic mass is 19.1. The molecule has 23 heavy (non-hydrogen) atoms. The van der Waals surface area contributed by atoms with Crippen molar-refractivity contribution in [3.05, 3.63) is 46.1 Å². The van der Waals surface area contributed by atoms with Crippen LogP contribution in [-0.4, -0.2) is 32.6 Å². The lowest BCUT2D eigenvalue weighted by atomic mass is 9.97. The van der Waals surface area contributed by atoms with Crippen molar-refractivity contribution in [2.24, 2.45) is 5.92 Å². The molecule has 1 aliphatic rings. The number of rotatable bonds is 3. The summed E-state index contributed by atoms with van der Waals surface area (Å²) >= 11 is 0. The van der Waals surface area contributed by atoms with E-state index in [-0.39, 0.29) is 5.56 Å². The van der Waals surface area contributed by atoms with Gasteiger partial charge in [0.15, 0.2) is 5.82 Å². The van der Waals surface area contributed by atoms with Crippen LogP contribution in [0, 0.1) is 25.6 Å². The maximum absolute atomic E-state index is 12.9. The molecule has 0 atom stereocenters. The third-order valence-electron chi connectivity index (χ3n) is 4.47. The van der Waals surface area contributed by atoms with Crippen molar-refractivity contribution in [3.63, 3.8) is 0 Å². The maximum Gasteiger partial charge on any atom is 0.256 e. The highest BCUT2D eigenvalue weighted by molar-refractivity contribution is 5.29. The number of halogens is 1. The highest BCUT2D eigenvalue weighted by Gasteiger charge is 2.22. The van der Waals surface area contributed by atoms with Gasteiger partial charge < -0.3 is 4.90 Å². The van der Waals surface area contributed by atoms with Crippen LogP contribution in [-0.2, 0) is 6.54 Å². The molecule has 122 valence electrons. The van der Waals surface area contributed by atoms with Crippen molar-refractivity contribution < 1.29 is 4.39 Å². The number of nitrogens with zero attached hydrogens (tertiary/aromatic N) is 5. The summed E-state index contributed by atoms with van der Waals surface area (Å²) in [6, 6.07) is 0. The molecule has 2 aromatic heterocycles. The summed E-state index contributed by atoms with van der Waals surface area (Å²) < 4.78 is 14.6. The third kappa shape index (κ3) is 3.38. The van der Waals surface area contributed by atoms with E-state index in [4.69, 9.17) is 0 Å². The smallest absolute Gasteiger partial charge is 0.256 e. The Morgan fingerprint density at radius 2 is 1.83 bits per heavy atom. The minimum absolute atomic E-state index is 0.0433. The number of hydrogen-bond acceptors (Lipinski definition) is 5. The van der Waals surface area contributed by atoms with Gasteiger partial charge in [-0.15, -0.1) is 0 Å². The molecule has 0 unspecified atom stereocenters. The Bertz CT molecular complexity index is 735. The van der Waals surface area contributed by atoms with Crippen LogP contribution in [0.3, 0.4) is 0 Å². The second kappa shape index (κ2) is 6.44. The predicted octanol–water partition coefficient (Wildman–Crippen LogP) is 1.71. The molecule has 6 nitrogen and oxygen atoms in total. The molecular weight excluding hydrogens is 297 g/mol. The van der Waals surface area contributed by atoms with Crippen molar-refractivity contribution in [1.29, 1.82) is 0 Å². The summed E-state index contributed by atoms with van der Waals surface area (Å²) in [6.45, 7) is 5.97. The molecule has 0 N–H and O–H groups in total. The van der Waals surface area contributed by atoms with Gasteiger partial charge in [-0.05, 0) is 32.6 Å². The Morgan fingerprint density at radius 3 is 2.48 bits per heavy atom. The first kappa shape index (κ1) is 15.6. The van der Waals surface area contributed by atoms with E-state index in [2.05, 4.69) is 19.9 Å². The van der Waals surface area contributed by atoms with Crippen LogP contribution < -0.4 is 10.5 Å². The molecule has 3 rings (SSSR count). The summed E-state index contributed by atoms with van der Waals surface area (Å²) in [5.41, 5.74) is 1.54. The van der Waals surface area contributed by atoms with Crippen LogP contribution in [0.4, 0.5) is 10.3 Å². The monoisotopic (exact) mass is 317 g/mol. The van der Waals surface area contributed by atoms with E-state index in [1.807, 2.05) is 13.8 Å². The summed E-state index contributed by atoms with van der Waals surface area (Å²) in [5.74, 6) is 0.563. The molecule has 0 radical (unpaired) electrons. The van der Waals surface area contributed by atoms with Gasteiger partial charge in [-0.3, -0.25) is 9.36 Å². The van der Waals surface area contributed by atoms with Crippen LogP contribution >= 0.6 is 0 Å². The number of hydrogen-bond donors (Lipinski definition) is 0. The van der Waals surface area contributed by atoms with Crippen LogP contribution in [0.5, 0.6) is 0 Å². The first-order valence-corrected chi connectivity index (χ1v) is 7.79. The first-order chi connectivity index (χ1) is 11.0. The second-order valence-electron chi connectivity index (χ2n) is 6.04. The molecule has 0 amide bonds. The largest absolute Gasteiger partial charge is 0.341 e. The zero-order chi connectivity index (χ0) is 16.4. The Kier molecular flexibility index (Phi) is 4.36. The van der Waals surface area contributed by atoms with Crippen molar-refractivity contribution in [2.45, 2.75) is 33.2 Å². The average molecular weight is 317 g/mol. The molecule has 3 heterocycles. The summed E-state index contributed by atoms with van der Waals surface area (Å²) in [4.78, 5) is 26.6. The zero-order valence-electron chi connectivity index (χ0n) is 13.4. The molecule has 0 saturated carbocycles. The topological polar surface area (TPSA) is 63.9 Å². The Hall–Kier alpha value is -2.31. The molecule has 0 bridgehead atoms. The van der Waals surface area contributed by atoms with Gasteiger partial charge in [-0.2, -0.15) is 0 Å². The summed E-state index contributed by atoms with van der Waals surface area (Å²) in [5, 5.41) is 0. The molecule has 0 spiro atoms. The van der Waals surface area contributed by atoms with E-state index in [1.54, 1.807) is 10.9 Å². The maximum atomic E-state index is 12.9. The Balaban J connectivity index is 1.62. The lowest BCUT2D eigenvalue weighted by Gasteiger charge is -2.32. The zero-order valence-corrected chi connectivity index (χ0v) is 13.4. The van der Waals surface area contributed by atoms with Gasteiger partial charge in [0.25, 0.3) is 5.56 Å². The van der Waals surface area contributed by atoms with E-state index in [0.717, 1.165) is 31.6 Å². The first-order valence-electron chi connectivity index (χ1n) is 7.79. The van der Waals surface area contributed by atoms with Gasteiger partial charge in [0.1, 0.15) is 0 Å². The Morgan fingerprint density at radius 1 is 1.17 bits per heavy atom. The van der Waals surface area contributed by atoms with E-state index < -0.39 is 5.82 Å². The number of piperidine rings is 1. The molecule has 0 aliphatic carbocycles. The van der Waals surface area contributed by atoms with Crippen LogP contribution in [0.25, 0.3) is 0 Å². The summed E-state index contributed by atoms with van der Waals surface area (Å²) in [6.07, 6.45) is 5.91. The fraction of sp³-hybridized carbons (Fsp3) is 0.500. The van der Waals surface area contributed by atoms with Crippen molar-refractivity contribution in [1.82, 2.24) is 19.5 Å². The van der Waals surface area contributed by atoms with Gasteiger partial charge in [0.2, 0.25) is 5.95 Å². The van der Waals surface area contributed by atoms with Gasteiger partial charge in [0.05, 0.1) is 18.7 Å². The van der Waals surface area contributed by atoms with E-state index >= 15 is 0 Å².